The minimum atomic E-state index is 0.112. The third-order valence-corrected chi connectivity index (χ3v) is 4.61. The van der Waals surface area contributed by atoms with Crippen LogP contribution in [0.15, 0.2) is 0 Å². The van der Waals surface area contributed by atoms with Gasteiger partial charge in [0.05, 0.1) is 6.61 Å². The summed E-state index contributed by atoms with van der Waals surface area (Å²) in [5, 5.41) is 6.42. The summed E-state index contributed by atoms with van der Waals surface area (Å²) in [6, 6.07) is 0.587. The first-order chi connectivity index (χ1) is 9.93. The molecular weight excluding hydrogens is 264 g/mol. The summed E-state index contributed by atoms with van der Waals surface area (Å²) in [7, 11) is 1.64. The van der Waals surface area contributed by atoms with Crippen molar-refractivity contribution in [2.24, 2.45) is 11.3 Å². The zero-order chi connectivity index (χ0) is 15.7. The monoisotopic (exact) mass is 298 g/mol. The topological polar surface area (TPSA) is 50.4 Å². The van der Waals surface area contributed by atoms with Crippen LogP contribution in [-0.4, -0.2) is 38.8 Å². The smallest absolute Gasteiger partial charge is 0.221 e. The number of ether oxygens (including phenoxy) is 1. The molecule has 2 atom stereocenters. The summed E-state index contributed by atoms with van der Waals surface area (Å²) >= 11 is 0. The Kier molecular flexibility index (Phi) is 8.27. The molecule has 0 aromatic rings. The highest BCUT2D eigenvalue weighted by Crippen LogP contribution is 2.36. The highest BCUT2D eigenvalue weighted by molar-refractivity contribution is 5.76. The molecule has 1 fully saturated rings. The Morgan fingerprint density at radius 2 is 1.90 bits per heavy atom. The zero-order valence-corrected chi connectivity index (χ0v) is 14.3. The van der Waals surface area contributed by atoms with Crippen molar-refractivity contribution >= 4 is 5.91 Å². The maximum atomic E-state index is 11.6. The van der Waals surface area contributed by atoms with Gasteiger partial charge in [0.25, 0.3) is 0 Å². The van der Waals surface area contributed by atoms with Gasteiger partial charge in [-0.25, -0.2) is 0 Å². The number of methoxy groups -OCH3 is 1. The number of carbonyl (C=O) groups excluding carboxylic acids is 1. The van der Waals surface area contributed by atoms with Gasteiger partial charge in [0.15, 0.2) is 0 Å². The minimum absolute atomic E-state index is 0.112. The van der Waals surface area contributed by atoms with E-state index in [-0.39, 0.29) is 5.91 Å². The lowest BCUT2D eigenvalue weighted by molar-refractivity contribution is -0.121. The molecule has 0 spiro atoms. The van der Waals surface area contributed by atoms with Gasteiger partial charge in [0, 0.05) is 32.7 Å². The fourth-order valence-electron chi connectivity index (χ4n) is 3.14. The Morgan fingerprint density at radius 3 is 2.57 bits per heavy atom. The maximum Gasteiger partial charge on any atom is 0.221 e. The van der Waals surface area contributed by atoms with Crippen LogP contribution in [0.3, 0.4) is 0 Å². The van der Waals surface area contributed by atoms with Gasteiger partial charge in [0.1, 0.15) is 0 Å². The SMILES string of the molecule is COCCNC(=O)CCNC1CCCC(C(C)(C)C)CC1. The molecule has 4 heteroatoms. The van der Waals surface area contributed by atoms with Crippen molar-refractivity contribution in [2.75, 3.05) is 26.8 Å². The summed E-state index contributed by atoms with van der Waals surface area (Å²) in [6.07, 6.45) is 7.01. The average Bonchev–Trinajstić information content (AvgIpc) is 2.64. The van der Waals surface area contributed by atoms with Crippen molar-refractivity contribution in [2.45, 2.75) is 65.3 Å². The molecular formula is C17H34N2O2. The molecule has 1 aliphatic rings. The summed E-state index contributed by atoms with van der Waals surface area (Å²) in [4.78, 5) is 11.6. The molecule has 0 aromatic heterocycles. The van der Waals surface area contributed by atoms with Gasteiger partial charge >= 0.3 is 0 Å². The van der Waals surface area contributed by atoms with E-state index in [0.29, 0.717) is 31.0 Å². The molecule has 2 unspecified atom stereocenters. The van der Waals surface area contributed by atoms with Crippen LogP contribution in [0.25, 0.3) is 0 Å². The summed E-state index contributed by atoms with van der Waals surface area (Å²) < 4.78 is 4.91. The first kappa shape index (κ1) is 18.4. The average molecular weight is 298 g/mol. The van der Waals surface area contributed by atoms with Crippen LogP contribution in [0.5, 0.6) is 0 Å². The standard InChI is InChI=1S/C17H34N2O2/c1-17(2,3)14-6-5-7-15(9-8-14)18-11-10-16(20)19-12-13-21-4/h14-15,18H,5-13H2,1-4H3,(H,19,20). The maximum absolute atomic E-state index is 11.6. The molecule has 0 aliphatic heterocycles. The molecule has 0 heterocycles. The van der Waals surface area contributed by atoms with E-state index in [0.717, 1.165) is 12.5 Å². The lowest BCUT2D eigenvalue weighted by Gasteiger charge is -2.29. The van der Waals surface area contributed by atoms with Crippen molar-refractivity contribution in [3.8, 4) is 0 Å². The van der Waals surface area contributed by atoms with Gasteiger partial charge < -0.3 is 15.4 Å². The normalized spacial score (nSPS) is 23.6. The quantitative estimate of drug-likeness (QED) is 0.561. The van der Waals surface area contributed by atoms with E-state index in [2.05, 4.69) is 31.4 Å². The van der Waals surface area contributed by atoms with Crippen LogP contribution in [0.2, 0.25) is 0 Å². The van der Waals surface area contributed by atoms with Gasteiger partial charge in [-0.1, -0.05) is 27.2 Å². The molecule has 1 saturated carbocycles. The highest BCUT2D eigenvalue weighted by atomic mass is 16.5. The van der Waals surface area contributed by atoms with Crippen molar-refractivity contribution < 1.29 is 9.53 Å². The highest BCUT2D eigenvalue weighted by Gasteiger charge is 2.27. The zero-order valence-electron chi connectivity index (χ0n) is 14.3. The van der Waals surface area contributed by atoms with Crippen LogP contribution in [0.1, 0.15) is 59.3 Å². The predicted molar refractivity (Wildman–Crippen MR) is 87.3 cm³/mol. The third-order valence-electron chi connectivity index (χ3n) is 4.61. The molecule has 0 aromatic carbocycles. The molecule has 124 valence electrons. The lowest BCUT2D eigenvalue weighted by atomic mass is 9.76. The number of nitrogens with one attached hydrogen (secondary N) is 2. The van der Waals surface area contributed by atoms with Crippen molar-refractivity contribution in [1.29, 1.82) is 0 Å². The van der Waals surface area contributed by atoms with Gasteiger partial charge in [-0.05, 0) is 37.0 Å². The van der Waals surface area contributed by atoms with E-state index in [1.54, 1.807) is 7.11 Å². The van der Waals surface area contributed by atoms with E-state index in [1.165, 1.54) is 32.1 Å². The summed E-state index contributed by atoms with van der Waals surface area (Å²) in [6.45, 7) is 9.03. The van der Waals surface area contributed by atoms with E-state index in [9.17, 15) is 4.79 Å². The van der Waals surface area contributed by atoms with Gasteiger partial charge in [-0.3, -0.25) is 4.79 Å². The van der Waals surface area contributed by atoms with Gasteiger partial charge in [-0.15, -0.1) is 0 Å². The van der Waals surface area contributed by atoms with Crippen LogP contribution < -0.4 is 10.6 Å². The second-order valence-corrected chi connectivity index (χ2v) is 7.32. The fourth-order valence-corrected chi connectivity index (χ4v) is 3.14. The summed E-state index contributed by atoms with van der Waals surface area (Å²) in [5.41, 5.74) is 0.427. The number of hydrogen-bond acceptors (Lipinski definition) is 3. The predicted octanol–water partition coefficient (Wildman–Crippen LogP) is 2.72. The van der Waals surface area contributed by atoms with E-state index >= 15 is 0 Å². The van der Waals surface area contributed by atoms with Gasteiger partial charge in [0.2, 0.25) is 5.91 Å². The Hall–Kier alpha value is -0.610. The number of amides is 1. The molecule has 4 nitrogen and oxygen atoms in total. The number of rotatable bonds is 7. The van der Waals surface area contributed by atoms with E-state index in [4.69, 9.17) is 4.74 Å². The van der Waals surface area contributed by atoms with Crippen LogP contribution in [0.4, 0.5) is 0 Å². The number of carbonyl (C=O) groups is 1. The second-order valence-electron chi connectivity index (χ2n) is 7.32. The third kappa shape index (κ3) is 7.82. The molecule has 0 bridgehead atoms. The van der Waals surface area contributed by atoms with E-state index < -0.39 is 0 Å². The Labute approximate surface area is 130 Å². The molecule has 1 aliphatic carbocycles. The Bertz CT molecular complexity index is 300. The van der Waals surface area contributed by atoms with Crippen molar-refractivity contribution in [3.63, 3.8) is 0 Å². The largest absolute Gasteiger partial charge is 0.383 e. The van der Waals surface area contributed by atoms with Crippen LogP contribution in [-0.2, 0) is 9.53 Å². The first-order valence-electron chi connectivity index (χ1n) is 8.42. The lowest BCUT2D eigenvalue weighted by Crippen LogP contribution is -2.34. The van der Waals surface area contributed by atoms with Crippen molar-refractivity contribution in [1.82, 2.24) is 10.6 Å². The van der Waals surface area contributed by atoms with Crippen LogP contribution >= 0.6 is 0 Å². The first-order valence-corrected chi connectivity index (χ1v) is 8.42. The van der Waals surface area contributed by atoms with Crippen molar-refractivity contribution in [3.05, 3.63) is 0 Å². The Balaban J connectivity index is 2.17. The number of hydrogen-bond donors (Lipinski definition) is 2. The second kappa shape index (κ2) is 9.42. The molecule has 0 radical (unpaired) electrons. The van der Waals surface area contributed by atoms with Gasteiger partial charge in [-0.2, -0.15) is 0 Å². The summed E-state index contributed by atoms with van der Waals surface area (Å²) in [5.74, 6) is 0.947. The minimum Gasteiger partial charge on any atom is -0.383 e. The molecule has 21 heavy (non-hydrogen) atoms. The molecule has 2 N–H and O–H groups in total. The van der Waals surface area contributed by atoms with Crippen LogP contribution in [0, 0.1) is 11.3 Å². The Morgan fingerprint density at radius 1 is 1.14 bits per heavy atom. The van der Waals surface area contributed by atoms with E-state index in [1.807, 2.05) is 0 Å². The fraction of sp³-hybridized carbons (Fsp3) is 0.941. The molecule has 1 rings (SSSR count). The molecule has 1 amide bonds. The molecule has 0 saturated heterocycles.